The van der Waals surface area contributed by atoms with Crippen molar-refractivity contribution in [2.24, 2.45) is 0 Å². The monoisotopic (exact) mass is 254 g/mol. The number of methoxy groups -OCH3 is 2. The SMILES string of the molecule is C=C1c2ccc(OC)cc2Oc2cc(OC)ccc21. The van der Waals surface area contributed by atoms with Gasteiger partial charge in [0.25, 0.3) is 0 Å². The predicted molar refractivity (Wildman–Crippen MR) is 74.2 cm³/mol. The summed E-state index contributed by atoms with van der Waals surface area (Å²) in [6.45, 7) is 4.15. The van der Waals surface area contributed by atoms with E-state index in [0.29, 0.717) is 0 Å². The normalized spacial score (nSPS) is 12.2. The average molecular weight is 254 g/mol. The second kappa shape index (κ2) is 4.35. The Kier molecular flexibility index (Phi) is 2.67. The summed E-state index contributed by atoms with van der Waals surface area (Å²) in [5, 5.41) is 0. The van der Waals surface area contributed by atoms with Crippen LogP contribution in [0.5, 0.6) is 23.0 Å². The maximum Gasteiger partial charge on any atom is 0.138 e. The molecule has 0 N–H and O–H groups in total. The van der Waals surface area contributed by atoms with Crippen molar-refractivity contribution in [3.63, 3.8) is 0 Å². The van der Waals surface area contributed by atoms with Gasteiger partial charge in [-0.15, -0.1) is 0 Å². The Bertz CT molecular complexity index is 604. The fourth-order valence-corrected chi connectivity index (χ4v) is 2.19. The van der Waals surface area contributed by atoms with Gasteiger partial charge in [-0.1, -0.05) is 6.58 Å². The third-order valence-corrected chi connectivity index (χ3v) is 3.25. The molecule has 0 aromatic heterocycles. The van der Waals surface area contributed by atoms with Crippen LogP contribution in [-0.4, -0.2) is 14.2 Å². The highest BCUT2D eigenvalue weighted by atomic mass is 16.5. The molecular weight excluding hydrogens is 240 g/mol. The molecule has 0 aliphatic carbocycles. The van der Waals surface area contributed by atoms with Gasteiger partial charge in [-0.3, -0.25) is 0 Å². The van der Waals surface area contributed by atoms with Crippen molar-refractivity contribution in [3.8, 4) is 23.0 Å². The summed E-state index contributed by atoms with van der Waals surface area (Å²) < 4.78 is 16.3. The molecular formula is C16H14O3. The molecule has 3 rings (SSSR count). The second-order valence-corrected chi connectivity index (χ2v) is 4.30. The molecule has 96 valence electrons. The Morgan fingerprint density at radius 2 is 1.32 bits per heavy atom. The smallest absolute Gasteiger partial charge is 0.138 e. The molecule has 2 aromatic rings. The zero-order valence-corrected chi connectivity index (χ0v) is 10.9. The van der Waals surface area contributed by atoms with Crippen molar-refractivity contribution in [2.75, 3.05) is 14.2 Å². The van der Waals surface area contributed by atoms with Crippen molar-refractivity contribution < 1.29 is 14.2 Å². The lowest BCUT2D eigenvalue weighted by molar-refractivity contribution is 0.402. The molecule has 0 saturated carbocycles. The van der Waals surface area contributed by atoms with Crippen LogP contribution < -0.4 is 14.2 Å². The fraction of sp³-hybridized carbons (Fsp3) is 0.125. The van der Waals surface area contributed by atoms with Gasteiger partial charge in [0.2, 0.25) is 0 Å². The lowest BCUT2D eigenvalue weighted by atomic mass is 9.95. The Hall–Kier alpha value is -2.42. The van der Waals surface area contributed by atoms with E-state index in [0.717, 1.165) is 39.7 Å². The summed E-state index contributed by atoms with van der Waals surface area (Å²) >= 11 is 0. The van der Waals surface area contributed by atoms with Gasteiger partial charge >= 0.3 is 0 Å². The Morgan fingerprint density at radius 3 is 1.74 bits per heavy atom. The number of ether oxygens (including phenoxy) is 3. The van der Waals surface area contributed by atoms with Crippen molar-refractivity contribution >= 4 is 5.57 Å². The maximum atomic E-state index is 5.91. The minimum Gasteiger partial charge on any atom is -0.497 e. The Balaban J connectivity index is 2.11. The van der Waals surface area contributed by atoms with Crippen LogP contribution in [0.15, 0.2) is 43.0 Å². The number of hydrogen-bond acceptors (Lipinski definition) is 3. The number of fused-ring (bicyclic) bond motifs is 2. The molecule has 0 spiro atoms. The summed E-state index contributed by atoms with van der Waals surface area (Å²) in [5.74, 6) is 3.03. The molecule has 19 heavy (non-hydrogen) atoms. The number of benzene rings is 2. The minimum absolute atomic E-state index is 0.755. The molecule has 0 saturated heterocycles. The largest absolute Gasteiger partial charge is 0.497 e. The number of hydrogen-bond donors (Lipinski definition) is 0. The zero-order chi connectivity index (χ0) is 13.4. The maximum absolute atomic E-state index is 5.91. The van der Waals surface area contributed by atoms with Gasteiger partial charge in [0, 0.05) is 23.3 Å². The van der Waals surface area contributed by atoms with Crippen LogP contribution in [0, 0.1) is 0 Å². The van der Waals surface area contributed by atoms with Crippen LogP contribution in [0.1, 0.15) is 11.1 Å². The molecule has 0 fully saturated rings. The quantitative estimate of drug-likeness (QED) is 0.694. The highest BCUT2D eigenvalue weighted by molar-refractivity contribution is 5.87. The van der Waals surface area contributed by atoms with Crippen LogP contribution in [0.2, 0.25) is 0 Å². The van der Waals surface area contributed by atoms with E-state index in [1.165, 1.54) is 0 Å². The van der Waals surface area contributed by atoms with Crippen LogP contribution >= 0.6 is 0 Å². The fourth-order valence-electron chi connectivity index (χ4n) is 2.19. The van der Waals surface area contributed by atoms with Gasteiger partial charge in [-0.25, -0.2) is 0 Å². The van der Waals surface area contributed by atoms with Gasteiger partial charge in [0.05, 0.1) is 14.2 Å². The van der Waals surface area contributed by atoms with E-state index in [1.54, 1.807) is 14.2 Å². The van der Waals surface area contributed by atoms with Gasteiger partial charge in [0.15, 0.2) is 0 Å². The molecule has 0 bridgehead atoms. The number of rotatable bonds is 2. The van der Waals surface area contributed by atoms with Gasteiger partial charge in [-0.05, 0) is 29.8 Å². The van der Waals surface area contributed by atoms with Crippen molar-refractivity contribution in [1.29, 1.82) is 0 Å². The third-order valence-electron chi connectivity index (χ3n) is 3.25. The Labute approximate surface area is 112 Å². The van der Waals surface area contributed by atoms with Gasteiger partial charge in [-0.2, -0.15) is 0 Å². The molecule has 0 amide bonds. The van der Waals surface area contributed by atoms with E-state index < -0.39 is 0 Å². The summed E-state index contributed by atoms with van der Waals surface area (Å²) in [6.07, 6.45) is 0. The van der Waals surface area contributed by atoms with E-state index in [9.17, 15) is 0 Å². The molecule has 0 radical (unpaired) electrons. The van der Waals surface area contributed by atoms with E-state index in [-0.39, 0.29) is 0 Å². The average Bonchev–Trinajstić information content (AvgIpc) is 2.46. The summed E-state index contributed by atoms with van der Waals surface area (Å²) in [4.78, 5) is 0. The van der Waals surface area contributed by atoms with E-state index >= 15 is 0 Å². The summed E-state index contributed by atoms with van der Waals surface area (Å²) in [5.41, 5.74) is 2.92. The third kappa shape index (κ3) is 1.83. The van der Waals surface area contributed by atoms with Crippen LogP contribution in [-0.2, 0) is 0 Å². The highest BCUT2D eigenvalue weighted by Gasteiger charge is 2.21. The van der Waals surface area contributed by atoms with Gasteiger partial charge < -0.3 is 14.2 Å². The molecule has 3 heteroatoms. The predicted octanol–water partition coefficient (Wildman–Crippen LogP) is 3.87. The van der Waals surface area contributed by atoms with Crippen LogP contribution in [0.25, 0.3) is 5.57 Å². The molecule has 1 heterocycles. The van der Waals surface area contributed by atoms with E-state index in [4.69, 9.17) is 14.2 Å². The van der Waals surface area contributed by atoms with Crippen molar-refractivity contribution in [3.05, 3.63) is 54.1 Å². The van der Waals surface area contributed by atoms with E-state index in [1.807, 2.05) is 36.4 Å². The molecule has 1 aliphatic heterocycles. The standard InChI is InChI=1S/C16H14O3/c1-10-13-6-4-11(17-2)8-15(13)19-16-9-12(18-3)5-7-14(10)16/h4-9H,1H2,2-3H3. The van der Waals surface area contributed by atoms with E-state index in [2.05, 4.69) is 6.58 Å². The van der Waals surface area contributed by atoms with Crippen LogP contribution in [0.4, 0.5) is 0 Å². The zero-order valence-electron chi connectivity index (χ0n) is 10.9. The Morgan fingerprint density at radius 1 is 0.842 bits per heavy atom. The first-order chi connectivity index (χ1) is 9.22. The van der Waals surface area contributed by atoms with Crippen molar-refractivity contribution in [1.82, 2.24) is 0 Å². The highest BCUT2D eigenvalue weighted by Crippen LogP contribution is 2.45. The van der Waals surface area contributed by atoms with Gasteiger partial charge in [0.1, 0.15) is 23.0 Å². The summed E-state index contributed by atoms with van der Waals surface area (Å²) in [7, 11) is 3.27. The first-order valence-electron chi connectivity index (χ1n) is 5.96. The lowest BCUT2D eigenvalue weighted by Crippen LogP contribution is -2.02. The molecule has 1 aliphatic rings. The molecule has 0 atom stereocenters. The minimum atomic E-state index is 0.755. The van der Waals surface area contributed by atoms with Crippen molar-refractivity contribution in [2.45, 2.75) is 0 Å². The topological polar surface area (TPSA) is 27.7 Å². The molecule has 3 nitrogen and oxygen atoms in total. The lowest BCUT2D eigenvalue weighted by Gasteiger charge is -2.23. The first kappa shape index (κ1) is 11.7. The molecule has 0 unspecified atom stereocenters. The second-order valence-electron chi connectivity index (χ2n) is 4.30. The first-order valence-corrected chi connectivity index (χ1v) is 5.96. The summed E-state index contributed by atoms with van der Waals surface area (Å²) in [6, 6.07) is 11.5. The van der Waals surface area contributed by atoms with Crippen LogP contribution in [0.3, 0.4) is 0 Å². The molecule has 2 aromatic carbocycles.